The average molecular weight is 354 g/mol. The fraction of sp³-hybridized carbons (Fsp3) is 0.346. The summed E-state index contributed by atoms with van der Waals surface area (Å²) in [6.45, 7) is 6.11. The van der Waals surface area contributed by atoms with Crippen molar-refractivity contribution in [2.75, 3.05) is 0 Å². The van der Waals surface area contributed by atoms with Crippen LogP contribution in [-0.2, 0) is 0 Å². The summed E-state index contributed by atoms with van der Waals surface area (Å²) in [5, 5.41) is 8.92. The Hall–Kier alpha value is -2.77. The number of allylic oxidation sites excluding steroid dienone is 1. The van der Waals surface area contributed by atoms with E-state index in [2.05, 4.69) is 67.8 Å². The minimum absolute atomic E-state index is 0.435. The summed E-state index contributed by atoms with van der Waals surface area (Å²) < 4.78 is 0. The van der Waals surface area contributed by atoms with Gasteiger partial charge in [0.1, 0.15) is 0 Å². The quantitative estimate of drug-likeness (QED) is 0.451. The molecular weight excluding hydrogens is 326 g/mol. The van der Waals surface area contributed by atoms with Crippen molar-refractivity contribution in [1.82, 2.24) is 0 Å². The topological polar surface area (TPSA) is 23.8 Å². The molecule has 0 amide bonds. The first-order chi connectivity index (χ1) is 13.2. The molecule has 1 aliphatic carbocycles. The molecular formula is C26H27N. The molecule has 1 saturated carbocycles. The summed E-state index contributed by atoms with van der Waals surface area (Å²) >= 11 is 0. The Kier molecular flexibility index (Phi) is 6.51. The van der Waals surface area contributed by atoms with Crippen molar-refractivity contribution in [3.05, 3.63) is 83.4 Å². The van der Waals surface area contributed by atoms with Gasteiger partial charge in [0.25, 0.3) is 0 Å². The number of benzene rings is 2. The van der Waals surface area contributed by atoms with E-state index in [-0.39, 0.29) is 0 Å². The Labute approximate surface area is 163 Å². The zero-order valence-electron chi connectivity index (χ0n) is 16.1. The molecule has 1 unspecified atom stereocenters. The summed E-state index contributed by atoms with van der Waals surface area (Å²) in [4.78, 5) is 0. The average Bonchev–Trinajstić information content (AvgIpc) is 2.74. The summed E-state index contributed by atoms with van der Waals surface area (Å²) in [5.41, 5.74) is 4.53. The van der Waals surface area contributed by atoms with Crippen molar-refractivity contribution in [3.8, 4) is 17.9 Å². The van der Waals surface area contributed by atoms with Gasteiger partial charge in [-0.15, -0.1) is 6.58 Å². The van der Waals surface area contributed by atoms with Crippen molar-refractivity contribution < 1.29 is 0 Å². The Morgan fingerprint density at radius 2 is 1.63 bits per heavy atom. The van der Waals surface area contributed by atoms with Crippen LogP contribution < -0.4 is 0 Å². The molecule has 0 bridgehead atoms. The molecule has 1 nitrogen and oxygen atoms in total. The van der Waals surface area contributed by atoms with Gasteiger partial charge in [0.05, 0.1) is 11.6 Å². The van der Waals surface area contributed by atoms with E-state index in [1.165, 1.54) is 24.0 Å². The summed E-state index contributed by atoms with van der Waals surface area (Å²) in [7, 11) is 0. The number of nitriles is 1. The molecule has 0 spiro atoms. The Morgan fingerprint density at radius 1 is 1.00 bits per heavy atom. The third-order valence-corrected chi connectivity index (χ3v) is 5.72. The van der Waals surface area contributed by atoms with Gasteiger partial charge in [-0.1, -0.05) is 49.1 Å². The fourth-order valence-corrected chi connectivity index (χ4v) is 3.94. The summed E-state index contributed by atoms with van der Waals surface area (Å²) in [6, 6.07) is 18.9. The third-order valence-electron chi connectivity index (χ3n) is 5.72. The highest BCUT2D eigenvalue weighted by Crippen LogP contribution is 2.35. The lowest BCUT2D eigenvalue weighted by atomic mass is 9.79. The van der Waals surface area contributed by atoms with Crippen LogP contribution in [0, 0.1) is 29.1 Å². The van der Waals surface area contributed by atoms with Gasteiger partial charge in [-0.05, 0) is 73.4 Å². The van der Waals surface area contributed by atoms with Gasteiger partial charge >= 0.3 is 0 Å². The first-order valence-electron chi connectivity index (χ1n) is 9.97. The standard InChI is InChI=1S/C26H27N/c1-3-23(4-2)24-13-7-20(8-14-24)5-6-21-9-15-25(16-10-21)26-17-11-22(19-27)12-18-26/h3,7-8,11-14,17-18,21,23,25H,1,4,9-10,15-16H2,2H3/t21-,23?,25-. The van der Waals surface area contributed by atoms with Crippen LogP contribution in [0.4, 0.5) is 0 Å². The van der Waals surface area contributed by atoms with E-state index in [4.69, 9.17) is 5.26 Å². The van der Waals surface area contributed by atoms with E-state index in [0.717, 1.165) is 30.4 Å². The van der Waals surface area contributed by atoms with Crippen LogP contribution in [0.15, 0.2) is 61.2 Å². The Bertz CT molecular complexity index is 848. The zero-order chi connectivity index (χ0) is 19.1. The van der Waals surface area contributed by atoms with Gasteiger partial charge in [-0.25, -0.2) is 0 Å². The Morgan fingerprint density at radius 3 is 2.19 bits per heavy atom. The van der Waals surface area contributed by atoms with E-state index in [1.807, 2.05) is 18.2 Å². The van der Waals surface area contributed by atoms with Crippen molar-refractivity contribution in [1.29, 1.82) is 5.26 Å². The molecule has 1 atom stereocenters. The smallest absolute Gasteiger partial charge is 0.0991 e. The van der Waals surface area contributed by atoms with Gasteiger partial charge in [-0.3, -0.25) is 0 Å². The second-order valence-electron chi connectivity index (χ2n) is 7.42. The van der Waals surface area contributed by atoms with Crippen LogP contribution in [-0.4, -0.2) is 0 Å². The predicted octanol–water partition coefficient (Wildman–Crippen LogP) is 6.56. The molecule has 2 aromatic carbocycles. The van der Waals surface area contributed by atoms with Gasteiger partial charge in [0, 0.05) is 17.4 Å². The SMILES string of the molecule is C=CC(CC)c1ccc(C#C[C@H]2CC[C@H](c3ccc(C#N)cc3)CC2)cc1. The molecule has 1 heteroatoms. The minimum Gasteiger partial charge on any atom is -0.192 e. The lowest BCUT2D eigenvalue weighted by Gasteiger charge is -2.26. The van der Waals surface area contributed by atoms with E-state index in [0.29, 0.717) is 17.8 Å². The Balaban J connectivity index is 1.56. The van der Waals surface area contributed by atoms with Crippen molar-refractivity contribution in [3.63, 3.8) is 0 Å². The van der Waals surface area contributed by atoms with Gasteiger partial charge in [0.15, 0.2) is 0 Å². The molecule has 1 aliphatic rings. The van der Waals surface area contributed by atoms with E-state index >= 15 is 0 Å². The summed E-state index contributed by atoms with van der Waals surface area (Å²) in [5.74, 6) is 8.41. The molecule has 0 radical (unpaired) electrons. The van der Waals surface area contributed by atoms with E-state index < -0.39 is 0 Å². The van der Waals surface area contributed by atoms with Crippen LogP contribution in [0.2, 0.25) is 0 Å². The number of hydrogen-bond acceptors (Lipinski definition) is 1. The first kappa shape index (κ1) is 19.0. The van der Waals surface area contributed by atoms with Gasteiger partial charge in [0.2, 0.25) is 0 Å². The summed E-state index contributed by atoms with van der Waals surface area (Å²) in [6.07, 6.45) is 7.78. The molecule has 2 aromatic rings. The highest BCUT2D eigenvalue weighted by atomic mass is 14.3. The second-order valence-corrected chi connectivity index (χ2v) is 7.42. The first-order valence-corrected chi connectivity index (χ1v) is 9.97. The van der Waals surface area contributed by atoms with E-state index in [9.17, 15) is 0 Å². The fourth-order valence-electron chi connectivity index (χ4n) is 3.94. The number of rotatable bonds is 4. The highest BCUT2D eigenvalue weighted by molar-refractivity contribution is 5.38. The van der Waals surface area contributed by atoms with Gasteiger partial charge < -0.3 is 0 Å². The van der Waals surface area contributed by atoms with E-state index in [1.54, 1.807) is 0 Å². The van der Waals surface area contributed by atoms with Crippen LogP contribution >= 0.6 is 0 Å². The lowest BCUT2D eigenvalue weighted by Crippen LogP contribution is -2.12. The highest BCUT2D eigenvalue weighted by Gasteiger charge is 2.21. The monoisotopic (exact) mass is 353 g/mol. The maximum Gasteiger partial charge on any atom is 0.0991 e. The molecule has 0 saturated heterocycles. The molecule has 0 aromatic heterocycles. The van der Waals surface area contributed by atoms with Gasteiger partial charge in [-0.2, -0.15) is 5.26 Å². The van der Waals surface area contributed by atoms with Crippen molar-refractivity contribution >= 4 is 0 Å². The molecule has 0 N–H and O–H groups in total. The molecule has 136 valence electrons. The number of nitrogens with zero attached hydrogens (tertiary/aromatic N) is 1. The molecule has 27 heavy (non-hydrogen) atoms. The number of hydrogen-bond donors (Lipinski definition) is 0. The van der Waals surface area contributed by atoms with Crippen molar-refractivity contribution in [2.24, 2.45) is 5.92 Å². The minimum atomic E-state index is 0.435. The maximum absolute atomic E-state index is 8.92. The predicted molar refractivity (Wildman–Crippen MR) is 112 cm³/mol. The van der Waals surface area contributed by atoms with Crippen LogP contribution in [0.25, 0.3) is 0 Å². The molecule has 1 fully saturated rings. The zero-order valence-corrected chi connectivity index (χ0v) is 16.1. The molecule has 0 aliphatic heterocycles. The molecule has 3 rings (SSSR count). The van der Waals surface area contributed by atoms with Crippen LogP contribution in [0.3, 0.4) is 0 Å². The lowest BCUT2D eigenvalue weighted by molar-refractivity contribution is 0.384. The third kappa shape index (κ3) is 4.90. The second kappa shape index (κ2) is 9.25. The maximum atomic E-state index is 8.92. The van der Waals surface area contributed by atoms with Crippen molar-refractivity contribution in [2.45, 2.75) is 50.9 Å². The molecule has 0 heterocycles. The normalized spacial score (nSPS) is 20.0. The van der Waals surface area contributed by atoms with Crippen LogP contribution in [0.1, 0.15) is 73.1 Å². The van der Waals surface area contributed by atoms with Crippen LogP contribution in [0.5, 0.6) is 0 Å². The largest absolute Gasteiger partial charge is 0.192 e.